The van der Waals surface area contributed by atoms with Crippen LogP contribution in [0, 0.1) is 30.0 Å². The van der Waals surface area contributed by atoms with Gasteiger partial charge in [0.05, 0.1) is 11.8 Å². The number of anilines is 2. The lowest BCUT2D eigenvalue weighted by Crippen LogP contribution is -2.43. The molecule has 32 heavy (non-hydrogen) atoms. The van der Waals surface area contributed by atoms with E-state index in [0.29, 0.717) is 17.2 Å². The van der Waals surface area contributed by atoms with Crippen LogP contribution in [0.2, 0.25) is 0 Å². The zero-order valence-electron chi connectivity index (χ0n) is 17.8. The van der Waals surface area contributed by atoms with E-state index in [1.54, 1.807) is 12.1 Å². The van der Waals surface area contributed by atoms with Gasteiger partial charge in [0.1, 0.15) is 11.7 Å². The largest absolute Gasteiger partial charge is 0.399 e. The number of rotatable bonds is 3. The average Bonchev–Trinajstić information content (AvgIpc) is 3.19. The van der Waals surface area contributed by atoms with Crippen LogP contribution in [-0.2, 0) is 0 Å². The smallest absolute Gasteiger partial charge is 0.178 e. The standard InChI is InChI=1S/C24H24FN7/c1-14-21-22(15-2-5-17(6-3-15)32-10-8-28-9-11-32)19(13-26)23(29-24(21)31-30-14)18-7-4-16(27)12-20(18)25/h2-7,12,19,22,28H,8-11,27H2,1H3,(H,30,31). The zero-order chi connectivity index (χ0) is 22.2. The Balaban J connectivity index is 1.59. The highest BCUT2D eigenvalue weighted by molar-refractivity contribution is 6.07. The van der Waals surface area contributed by atoms with Gasteiger partial charge in [-0.25, -0.2) is 9.38 Å². The number of hydrogen-bond donors (Lipinski definition) is 3. The Morgan fingerprint density at radius 1 is 1.16 bits per heavy atom. The molecule has 3 aromatic rings. The molecule has 2 atom stereocenters. The van der Waals surface area contributed by atoms with Gasteiger partial charge in [-0.1, -0.05) is 12.1 Å². The maximum absolute atomic E-state index is 14.8. The summed E-state index contributed by atoms with van der Waals surface area (Å²) in [4.78, 5) is 6.94. The lowest BCUT2D eigenvalue weighted by molar-refractivity contribution is 0.589. The van der Waals surface area contributed by atoms with Crippen LogP contribution in [0.1, 0.15) is 28.3 Å². The molecule has 1 fully saturated rings. The summed E-state index contributed by atoms with van der Waals surface area (Å²) in [7, 11) is 0. The first-order valence-corrected chi connectivity index (χ1v) is 10.7. The molecule has 4 N–H and O–H groups in total. The third-order valence-electron chi connectivity index (χ3n) is 6.28. The van der Waals surface area contributed by atoms with E-state index in [1.165, 1.54) is 6.07 Å². The first kappa shape index (κ1) is 20.2. The van der Waals surface area contributed by atoms with E-state index in [9.17, 15) is 9.65 Å². The molecule has 162 valence electrons. The summed E-state index contributed by atoms with van der Waals surface area (Å²) < 4.78 is 14.8. The van der Waals surface area contributed by atoms with Crippen molar-refractivity contribution in [3.8, 4) is 6.07 Å². The molecule has 2 aliphatic heterocycles. The van der Waals surface area contributed by atoms with Gasteiger partial charge in [-0.05, 0) is 42.8 Å². The second kappa shape index (κ2) is 8.09. The normalized spacial score (nSPS) is 20.4. The van der Waals surface area contributed by atoms with E-state index in [4.69, 9.17) is 5.73 Å². The van der Waals surface area contributed by atoms with Gasteiger partial charge in [-0.3, -0.25) is 5.10 Å². The molecule has 0 bridgehead atoms. The fraction of sp³-hybridized carbons (Fsp3) is 0.292. The lowest BCUT2D eigenvalue weighted by Gasteiger charge is -2.31. The number of hydrogen-bond acceptors (Lipinski definition) is 6. The third-order valence-corrected chi connectivity index (χ3v) is 6.28. The van der Waals surface area contributed by atoms with Crippen LogP contribution in [-0.4, -0.2) is 42.1 Å². The van der Waals surface area contributed by atoms with Gasteiger partial charge in [0, 0.05) is 60.3 Å². The number of nitrogen functional groups attached to an aromatic ring is 1. The summed E-state index contributed by atoms with van der Waals surface area (Å²) in [5, 5.41) is 20.9. The van der Waals surface area contributed by atoms with E-state index >= 15 is 0 Å². The highest BCUT2D eigenvalue weighted by Crippen LogP contribution is 2.44. The van der Waals surface area contributed by atoms with Crippen molar-refractivity contribution in [3.63, 3.8) is 0 Å². The van der Waals surface area contributed by atoms with Crippen molar-refractivity contribution in [1.82, 2.24) is 15.5 Å². The Hall–Kier alpha value is -3.70. The predicted octanol–water partition coefficient (Wildman–Crippen LogP) is 3.26. The molecule has 1 saturated heterocycles. The number of aliphatic imine (C=N–C) groups is 1. The molecule has 1 aromatic heterocycles. The van der Waals surface area contributed by atoms with E-state index in [2.05, 4.69) is 55.7 Å². The van der Waals surface area contributed by atoms with Crippen molar-refractivity contribution >= 4 is 22.9 Å². The van der Waals surface area contributed by atoms with Crippen LogP contribution < -0.4 is 16.0 Å². The molecule has 5 rings (SSSR count). The fourth-order valence-corrected chi connectivity index (χ4v) is 4.67. The average molecular weight is 430 g/mol. The Bertz CT molecular complexity index is 1220. The number of aromatic nitrogens is 2. The highest BCUT2D eigenvalue weighted by Gasteiger charge is 2.38. The molecule has 8 heteroatoms. The first-order chi connectivity index (χ1) is 15.6. The summed E-state index contributed by atoms with van der Waals surface area (Å²) >= 11 is 0. The van der Waals surface area contributed by atoms with E-state index in [1.807, 2.05) is 6.92 Å². The third kappa shape index (κ3) is 3.41. The van der Waals surface area contributed by atoms with Crippen molar-refractivity contribution in [1.29, 1.82) is 5.26 Å². The second-order valence-electron chi connectivity index (χ2n) is 8.24. The maximum atomic E-state index is 14.8. The predicted molar refractivity (Wildman–Crippen MR) is 123 cm³/mol. The molecule has 2 aliphatic rings. The lowest BCUT2D eigenvalue weighted by atomic mass is 9.75. The SMILES string of the molecule is Cc1[nH]nc2c1C(c1ccc(N3CCNCC3)cc1)C(C#N)C(c1ccc(N)cc1F)=N2. The Labute approximate surface area is 185 Å². The number of fused-ring (bicyclic) bond motifs is 1. The minimum absolute atomic E-state index is 0.277. The molecule has 0 radical (unpaired) electrons. The van der Waals surface area contributed by atoms with Crippen molar-refractivity contribution in [2.75, 3.05) is 36.8 Å². The Morgan fingerprint density at radius 3 is 2.59 bits per heavy atom. The summed E-state index contributed by atoms with van der Waals surface area (Å²) in [6.45, 7) is 5.77. The van der Waals surface area contributed by atoms with Crippen molar-refractivity contribution in [2.45, 2.75) is 12.8 Å². The molecular formula is C24H24FN7. The fourth-order valence-electron chi connectivity index (χ4n) is 4.67. The van der Waals surface area contributed by atoms with Crippen LogP contribution >= 0.6 is 0 Å². The molecule has 0 saturated carbocycles. The van der Waals surface area contributed by atoms with Gasteiger partial charge in [0.2, 0.25) is 0 Å². The molecule has 3 heterocycles. The second-order valence-corrected chi connectivity index (χ2v) is 8.24. The van der Waals surface area contributed by atoms with Crippen LogP contribution in [0.15, 0.2) is 47.5 Å². The maximum Gasteiger partial charge on any atom is 0.178 e. The number of aryl methyl sites for hydroxylation is 1. The molecular weight excluding hydrogens is 405 g/mol. The molecule has 0 aliphatic carbocycles. The van der Waals surface area contributed by atoms with Crippen molar-refractivity contribution in [3.05, 3.63) is 70.7 Å². The van der Waals surface area contributed by atoms with E-state index in [0.717, 1.165) is 48.7 Å². The number of nitriles is 1. The quantitative estimate of drug-likeness (QED) is 0.554. The number of nitrogens with zero attached hydrogens (tertiary/aromatic N) is 4. The topological polar surface area (TPSA) is 106 Å². The minimum Gasteiger partial charge on any atom is -0.399 e. The van der Waals surface area contributed by atoms with Crippen LogP contribution in [0.25, 0.3) is 0 Å². The Morgan fingerprint density at radius 2 is 1.91 bits per heavy atom. The van der Waals surface area contributed by atoms with Gasteiger partial charge in [-0.15, -0.1) is 0 Å². The number of aromatic amines is 1. The highest BCUT2D eigenvalue weighted by atomic mass is 19.1. The number of H-pyrrole nitrogens is 1. The summed E-state index contributed by atoms with van der Waals surface area (Å²) in [5.74, 6) is -0.971. The van der Waals surface area contributed by atoms with Gasteiger partial charge in [-0.2, -0.15) is 10.4 Å². The molecule has 2 unspecified atom stereocenters. The van der Waals surface area contributed by atoms with Crippen molar-refractivity contribution < 1.29 is 4.39 Å². The van der Waals surface area contributed by atoms with Crippen LogP contribution in [0.3, 0.4) is 0 Å². The van der Waals surface area contributed by atoms with E-state index < -0.39 is 11.7 Å². The first-order valence-electron chi connectivity index (χ1n) is 10.7. The van der Waals surface area contributed by atoms with Gasteiger partial charge in [0.15, 0.2) is 5.82 Å². The minimum atomic E-state index is -0.665. The monoisotopic (exact) mass is 429 g/mol. The zero-order valence-corrected chi connectivity index (χ0v) is 17.8. The van der Waals surface area contributed by atoms with Crippen molar-refractivity contribution in [2.24, 2.45) is 10.9 Å². The number of piperazine rings is 1. The van der Waals surface area contributed by atoms with Gasteiger partial charge < -0.3 is 16.0 Å². The summed E-state index contributed by atoms with van der Waals surface area (Å²) in [6.07, 6.45) is 0. The molecule has 2 aromatic carbocycles. The number of nitrogens with two attached hydrogens (primary N) is 1. The number of nitrogens with one attached hydrogen (secondary N) is 2. The molecule has 0 spiro atoms. The van der Waals surface area contributed by atoms with Gasteiger partial charge in [0.25, 0.3) is 0 Å². The Kier molecular flexibility index (Phi) is 5.11. The van der Waals surface area contributed by atoms with Crippen LogP contribution in [0.5, 0.6) is 0 Å². The summed E-state index contributed by atoms with van der Waals surface area (Å²) in [6, 6.07) is 15.2. The summed E-state index contributed by atoms with van der Waals surface area (Å²) in [5.41, 5.74) is 10.6. The van der Waals surface area contributed by atoms with Crippen LogP contribution in [0.4, 0.5) is 21.6 Å². The van der Waals surface area contributed by atoms with Gasteiger partial charge >= 0.3 is 0 Å². The molecule has 0 amide bonds. The number of halogens is 1. The number of benzene rings is 2. The molecule has 7 nitrogen and oxygen atoms in total. The van der Waals surface area contributed by atoms with E-state index in [-0.39, 0.29) is 11.5 Å².